The minimum atomic E-state index is -4.68. The van der Waals surface area contributed by atoms with Gasteiger partial charge in [-0.3, -0.25) is 9.78 Å². The van der Waals surface area contributed by atoms with Crippen LogP contribution >= 0.6 is 11.6 Å². The molecule has 0 amide bonds. The molecule has 1 unspecified atom stereocenters. The van der Waals surface area contributed by atoms with Crippen LogP contribution in [0.5, 0.6) is 0 Å². The lowest BCUT2D eigenvalue weighted by atomic mass is 10.0. The minimum absolute atomic E-state index is 0.0556. The Morgan fingerprint density at radius 1 is 1.44 bits per heavy atom. The number of alkyl halides is 3. The highest BCUT2D eigenvalue weighted by Crippen LogP contribution is 2.36. The van der Waals surface area contributed by atoms with Gasteiger partial charge in [-0.25, -0.2) is 4.98 Å². The average Bonchev–Trinajstić information content (AvgIpc) is 2.14. The van der Waals surface area contributed by atoms with Crippen molar-refractivity contribution in [1.82, 2.24) is 9.97 Å². The first-order valence-corrected chi connectivity index (χ1v) is 4.44. The van der Waals surface area contributed by atoms with Crippen molar-refractivity contribution in [3.8, 4) is 0 Å². The van der Waals surface area contributed by atoms with Gasteiger partial charge in [-0.1, -0.05) is 11.6 Å². The van der Waals surface area contributed by atoms with Crippen LogP contribution in [0.2, 0.25) is 5.15 Å². The zero-order chi connectivity index (χ0) is 12.3. The van der Waals surface area contributed by atoms with Gasteiger partial charge in [-0.15, -0.1) is 0 Å². The van der Waals surface area contributed by atoms with E-state index >= 15 is 0 Å². The average molecular weight is 255 g/mol. The van der Waals surface area contributed by atoms with Crippen molar-refractivity contribution in [2.75, 3.05) is 0 Å². The van der Waals surface area contributed by atoms with E-state index in [9.17, 15) is 18.0 Å². The van der Waals surface area contributed by atoms with Gasteiger partial charge < -0.3 is 5.11 Å². The molecule has 8 heteroatoms. The van der Waals surface area contributed by atoms with Crippen LogP contribution in [-0.4, -0.2) is 27.2 Å². The standard InChI is InChI=1S/C8H6ClF3N2O2/c9-6-3-13-5(2-14-6)4(1-7(15)16)8(10,11)12/h2-4H,1H2,(H,15,16). The molecule has 0 aliphatic carbocycles. The quantitative estimate of drug-likeness (QED) is 0.899. The van der Waals surface area contributed by atoms with Gasteiger partial charge >= 0.3 is 12.1 Å². The van der Waals surface area contributed by atoms with E-state index in [-0.39, 0.29) is 5.15 Å². The predicted molar refractivity (Wildman–Crippen MR) is 48.1 cm³/mol. The maximum absolute atomic E-state index is 12.5. The molecule has 1 heterocycles. The maximum atomic E-state index is 12.5. The fourth-order valence-corrected chi connectivity index (χ4v) is 1.16. The molecule has 1 aromatic heterocycles. The second-order valence-corrected chi connectivity index (χ2v) is 3.34. The molecule has 0 aliphatic heterocycles. The highest BCUT2D eigenvalue weighted by Gasteiger charge is 2.43. The summed E-state index contributed by atoms with van der Waals surface area (Å²) in [5.41, 5.74) is -0.459. The largest absolute Gasteiger partial charge is 0.481 e. The van der Waals surface area contributed by atoms with Crippen molar-refractivity contribution in [3.05, 3.63) is 23.2 Å². The Kier molecular flexibility index (Phi) is 3.69. The SMILES string of the molecule is O=C(O)CC(c1cnc(Cl)cn1)C(F)(F)F. The fourth-order valence-electron chi connectivity index (χ4n) is 1.06. The van der Waals surface area contributed by atoms with Crippen molar-refractivity contribution in [2.24, 2.45) is 0 Å². The summed E-state index contributed by atoms with van der Waals surface area (Å²) >= 11 is 5.37. The summed E-state index contributed by atoms with van der Waals surface area (Å²) in [5.74, 6) is -3.73. The van der Waals surface area contributed by atoms with Crippen LogP contribution in [0.4, 0.5) is 13.2 Å². The molecule has 0 fully saturated rings. The lowest BCUT2D eigenvalue weighted by Gasteiger charge is -2.17. The van der Waals surface area contributed by atoms with E-state index in [0.717, 1.165) is 12.4 Å². The van der Waals surface area contributed by atoms with Gasteiger partial charge in [0.15, 0.2) is 0 Å². The van der Waals surface area contributed by atoms with E-state index in [1.807, 2.05) is 0 Å². The van der Waals surface area contributed by atoms with E-state index in [4.69, 9.17) is 16.7 Å². The summed E-state index contributed by atoms with van der Waals surface area (Å²) < 4.78 is 37.5. The molecule has 0 aliphatic rings. The van der Waals surface area contributed by atoms with Crippen LogP contribution in [0.25, 0.3) is 0 Å². The molecule has 0 bridgehead atoms. The number of carboxylic acid groups (broad SMARTS) is 1. The number of aromatic nitrogens is 2. The second-order valence-electron chi connectivity index (χ2n) is 2.96. The Hall–Kier alpha value is -1.37. The van der Waals surface area contributed by atoms with Crippen molar-refractivity contribution in [1.29, 1.82) is 0 Å². The van der Waals surface area contributed by atoms with Crippen molar-refractivity contribution in [3.63, 3.8) is 0 Å². The van der Waals surface area contributed by atoms with Crippen molar-refractivity contribution >= 4 is 17.6 Å². The lowest BCUT2D eigenvalue weighted by molar-refractivity contribution is -0.164. The molecular weight excluding hydrogens is 249 g/mol. The third-order valence-electron chi connectivity index (χ3n) is 1.77. The van der Waals surface area contributed by atoms with Crippen LogP contribution in [0.15, 0.2) is 12.4 Å². The third-order valence-corrected chi connectivity index (χ3v) is 1.97. The summed E-state index contributed by atoms with van der Waals surface area (Å²) in [6.07, 6.45) is -4.00. The Morgan fingerprint density at radius 3 is 2.44 bits per heavy atom. The van der Waals surface area contributed by atoms with Crippen LogP contribution in [0, 0.1) is 0 Å². The van der Waals surface area contributed by atoms with Gasteiger partial charge in [0.25, 0.3) is 0 Å². The lowest BCUT2D eigenvalue weighted by Crippen LogP contribution is -2.24. The number of hydrogen-bond acceptors (Lipinski definition) is 3. The van der Waals surface area contributed by atoms with E-state index in [1.165, 1.54) is 0 Å². The molecule has 0 aromatic carbocycles. The van der Waals surface area contributed by atoms with Gasteiger partial charge in [0.1, 0.15) is 11.1 Å². The van der Waals surface area contributed by atoms with E-state index in [0.29, 0.717) is 0 Å². The minimum Gasteiger partial charge on any atom is -0.481 e. The molecule has 1 rings (SSSR count). The number of rotatable bonds is 3. The smallest absolute Gasteiger partial charge is 0.397 e. The monoisotopic (exact) mass is 254 g/mol. The number of carboxylic acids is 1. The summed E-state index contributed by atoms with van der Waals surface area (Å²) in [6.45, 7) is 0. The number of carbonyl (C=O) groups is 1. The zero-order valence-electron chi connectivity index (χ0n) is 7.70. The van der Waals surface area contributed by atoms with Crippen LogP contribution in [0.3, 0.4) is 0 Å². The van der Waals surface area contributed by atoms with Gasteiger partial charge in [0.2, 0.25) is 0 Å². The molecule has 4 nitrogen and oxygen atoms in total. The summed E-state index contributed by atoms with van der Waals surface area (Å²) in [6, 6.07) is 0. The van der Waals surface area contributed by atoms with E-state index < -0.39 is 30.2 Å². The molecule has 0 radical (unpaired) electrons. The highest BCUT2D eigenvalue weighted by molar-refractivity contribution is 6.29. The van der Waals surface area contributed by atoms with Gasteiger partial charge in [0, 0.05) is 0 Å². The van der Waals surface area contributed by atoms with Crippen LogP contribution < -0.4 is 0 Å². The van der Waals surface area contributed by atoms with Crippen molar-refractivity contribution in [2.45, 2.75) is 18.5 Å². The normalized spacial score (nSPS) is 13.5. The first-order valence-electron chi connectivity index (χ1n) is 4.06. The third kappa shape index (κ3) is 3.34. The molecule has 1 aromatic rings. The summed E-state index contributed by atoms with van der Waals surface area (Å²) in [4.78, 5) is 17.2. The van der Waals surface area contributed by atoms with Gasteiger partial charge in [-0.2, -0.15) is 13.2 Å². The second kappa shape index (κ2) is 4.65. The molecule has 0 saturated carbocycles. The number of hydrogen-bond donors (Lipinski definition) is 1. The number of aliphatic carboxylic acids is 1. The molecule has 0 spiro atoms. The highest BCUT2D eigenvalue weighted by atomic mass is 35.5. The summed E-state index contributed by atoms with van der Waals surface area (Å²) in [5, 5.41) is 8.33. The molecule has 16 heavy (non-hydrogen) atoms. The predicted octanol–water partition coefficient (Wildman–Crippen LogP) is 2.25. The first kappa shape index (κ1) is 12.7. The molecule has 88 valence electrons. The first-order chi connectivity index (χ1) is 7.30. The Labute approximate surface area is 93.1 Å². The Bertz CT molecular complexity index is 380. The maximum Gasteiger partial charge on any atom is 0.397 e. The van der Waals surface area contributed by atoms with E-state index in [2.05, 4.69) is 9.97 Å². The van der Waals surface area contributed by atoms with Gasteiger partial charge in [0.05, 0.1) is 24.5 Å². The molecular formula is C8H6ClF3N2O2. The fraction of sp³-hybridized carbons (Fsp3) is 0.375. The molecule has 1 atom stereocenters. The van der Waals surface area contributed by atoms with Crippen LogP contribution in [-0.2, 0) is 4.79 Å². The van der Waals surface area contributed by atoms with Crippen LogP contribution in [0.1, 0.15) is 18.0 Å². The Morgan fingerprint density at radius 2 is 2.06 bits per heavy atom. The topological polar surface area (TPSA) is 63.1 Å². The number of halogens is 4. The Balaban J connectivity index is 3.01. The molecule has 1 N–H and O–H groups in total. The number of nitrogens with zero attached hydrogens (tertiary/aromatic N) is 2. The summed E-state index contributed by atoms with van der Waals surface area (Å²) in [7, 11) is 0. The van der Waals surface area contributed by atoms with Crippen molar-refractivity contribution < 1.29 is 23.1 Å². The van der Waals surface area contributed by atoms with Gasteiger partial charge in [-0.05, 0) is 0 Å². The van der Waals surface area contributed by atoms with E-state index in [1.54, 1.807) is 0 Å². The zero-order valence-corrected chi connectivity index (χ0v) is 8.46. The molecule has 0 saturated heterocycles.